The van der Waals surface area contributed by atoms with Crippen molar-refractivity contribution >= 4 is 38.1 Å². The Morgan fingerprint density at radius 1 is 1.32 bits per heavy atom. The van der Waals surface area contributed by atoms with Crippen molar-refractivity contribution in [3.63, 3.8) is 0 Å². The molecule has 0 radical (unpaired) electrons. The first-order chi connectivity index (χ1) is 14.3. The predicted molar refractivity (Wildman–Crippen MR) is 118 cm³/mol. The van der Waals surface area contributed by atoms with Gasteiger partial charge in [-0.15, -0.1) is 0 Å². The van der Waals surface area contributed by atoms with E-state index in [4.69, 9.17) is 4.74 Å². The fourth-order valence-electron chi connectivity index (χ4n) is 7.37. The Hall–Kier alpha value is -1.13. The second-order valence-corrected chi connectivity index (χ2v) is 11.0. The minimum atomic E-state index is -2.01. The van der Waals surface area contributed by atoms with Gasteiger partial charge in [-0.25, -0.2) is 9.18 Å². The van der Waals surface area contributed by atoms with Gasteiger partial charge in [-0.05, 0) is 56.6 Å². The van der Waals surface area contributed by atoms with Gasteiger partial charge in [0.15, 0.2) is 18.1 Å². The summed E-state index contributed by atoms with van der Waals surface area (Å²) in [5.74, 6) is -2.20. The molecule has 170 valence electrons. The van der Waals surface area contributed by atoms with Crippen LogP contribution < -0.4 is 0 Å². The van der Waals surface area contributed by atoms with Crippen molar-refractivity contribution in [1.29, 1.82) is 0 Å². The highest BCUT2D eigenvalue weighted by molar-refractivity contribution is 14.1. The van der Waals surface area contributed by atoms with Crippen LogP contribution in [0.2, 0.25) is 0 Å². The summed E-state index contributed by atoms with van der Waals surface area (Å²) >= 11 is 1.42. The maximum atomic E-state index is 17.0. The van der Waals surface area contributed by atoms with Crippen molar-refractivity contribution in [3.05, 3.63) is 23.8 Å². The molecule has 8 heteroatoms. The van der Waals surface area contributed by atoms with E-state index in [1.807, 2.05) is 0 Å². The average Bonchev–Trinajstić information content (AvgIpc) is 2.89. The van der Waals surface area contributed by atoms with Crippen LogP contribution in [0.15, 0.2) is 23.8 Å². The molecule has 0 aliphatic heterocycles. The highest BCUT2D eigenvalue weighted by atomic mass is 127. The quantitative estimate of drug-likeness (QED) is 0.416. The van der Waals surface area contributed by atoms with Crippen LogP contribution in [0.5, 0.6) is 0 Å². The summed E-state index contributed by atoms with van der Waals surface area (Å²) < 4.78 is 21.2. The number of fused-ring (bicyclic) bond motifs is 5. The van der Waals surface area contributed by atoms with Gasteiger partial charge in [0.1, 0.15) is 5.60 Å². The fourth-order valence-corrected chi connectivity index (χ4v) is 7.53. The Bertz CT molecular complexity index is 916. The molecule has 0 amide bonds. The van der Waals surface area contributed by atoms with Crippen molar-refractivity contribution in [2.45, 2.75) is 63.8 Å². The standard InChI is InChI=1S/C23H28FIO6/c1-12-8-16-15-5-4-13-9-14(26)6-7-20(13,2)22(15,24)17(27)10-21(16,3)23(12,30)18(28)11-31-19(25)29/h6-7,9,12,15-17,27,30H,4-5,8,10-11H2,1-3H3/t12-,15+,16+,17+,20+,21+,22+,23+/m0/s1. The third-order valence-electron chi connectivity index (χ3n) is 8.96. The van der Waals surface area contributed by atoms with Gasteiger partial charge in [-0.2, -0.15) is 0 Å². The lowest BCUT2D eigenvalue weighted by Gasteiger charge is -2.62. The normalized spacial score (nSPS) is 48.4. The highest BCUT2D eigenvalue weighted by Gasteiger charge is 2.75. The number of aliphatic hydroxyl groups excluding tert-OH is 1. The van der Waals surface area contributed by atoms with Gasteiger partial charge in [-0.3, -0.25) is 9.59 Å². The number of hydrogen-bond acceptors (Lipinski definition) is 6. The third kappa shape index (κ3) is 2.83. The molecule has 2 N–H and O–H groups in total. The van der Waals surface area contributed by atoms with Gasteiger partial charge in [0.25, 0.3) is 0 Å². The van der Waals surface area contributed by atoms with E-state index in [0.29, 0.717) is 24.8 Å². The van der Waals surface area contributed by atoms with Crippen molar-refractivity contribution in [2.75, 3.05) is 6.61 Å². The molecule has 3 saturated carbocycles. The summed E-state index contributed by atoms with van der Waals surface area (Å²) in [4.78, 5) is 36.1. The van der Waals surface area contributed by atoms with Crippen molar-refractivity contribution in [2.24, 2.45) is 28.6 Å². The number of allylic oxidation sites excluding steroid dienone is 4. The molecule has 0 bridgehead atoms. The molecule has 4 rings (SSSR count). The number of hydrogen-bond donors (Lipinski definition) is 2. The van der Waals surface area contributed by atoms with Gasteiger partial charge >= 0.3 is 3.98 Å². The van der Waals surface area contributed by atoms with Crippen molar-refractivity contribution in [3.8, 4) is 0 Å². The van der Waals surface area contributed by atoms with Crippen LogP contribution in [0.1, 0.15) is 46.5 Å². The summed E-state index contributed by atoms with van der Waals surface area (Å²) in [6.07, 6.45) is 4.28. The van der Waals surface area contributed by atoms with Gasteiger partial charge in [0.2, 0.25) is 5.78 Å². The molecule has 0 aromatic rings. The zero-order valence-corrected chi connectivity index (χ0v) is 20.0. The number of aliphatic hydroxyl groups is 2. The van der Waals surface area contributed by atoms with E-state index < -0.39 is 56.4 Å². The Morgan fingerprint density at radius 2 is 2.00 bits per heavy atom. The second-order valence-electron chi connectivity index (χ2n) is 10.1. The van der Waals surface area contributed by atoms with Crippen LogP contribution in [0, 0.1) is 28.6 Å². The third-order valence-corrected chi connectivity index (χ3v) is 9.28. The molecular weight excluding hydrogens is 518 g/mol. The molecule has 31 heavy (non-hydrogen) atoms. The highest BCUT2D eigenvalue weighted by Crippen LogP contribution is 2.70. The number of ketones is 2. The largest absolute Gasteiger partial charge is 0.450 e. The number of carbonyl (C=O) groups excluding carboxylic acids is 3. The first-order valence-corrected chi connectivity index (χ1v) is 11.8. The van der Waals surface area contributed by atoms with Crippen molar-refractivity contribution in [1.82, 2.24) is 0 Å². The van der Waals surface area contributed by atoms with E-state index >= 15 is 4.39 Å². The minimum absolute atomic E-state index is 0.0971. The van der Waals surface area contributed by atoms with E-state index in [2.05, 4.69) is 0 Å². The molecule has 3 fully saturated rings. The summed E-state index contributed by atoms with van der Waals surface area (Å²) in [6.45, 7) is 4.69. The van der Waals surface area contributed by atoms with Gasteiger partial charge in [-0.1, -0.05) is 25.5 Å². The Morgan fingerprint density at radius 3 is 2.65 bits per heavy atom. The number of rotatable bonds is 3. The molecule has 0 heterocycles. The van der Waals surface area contributed by atoms with Crippen LogP contribution in [0.4, 0.5) is 9.18 Å². The minimum Gasteiger partial charge on any atom is -0.450 e. The lowest BCUT2D eigenvalue weighted by molar-refractivity contribution is -0.219. The first-order valence-electron chi connectivity index (χ1n) is 10.7. The maximum absolute atomic E-state index is 17.0. The molecular formula is C23H28FIO6. The molecule has 0 saturated heterocycles. The van der Waals surface area contributed by atoms with Crippen LogP contribution in [-0.2, 0) is 14.3 Å². The molecule has 6 nitrogen and oxygen atoms in total. The van der Waals surface area contributed by atoms with Crippen LogP contribution in [0.25, 0.3) is 0 Å². The molecule has 0 unspecified atom stereocenters. The zero-order chi connectivity index (χ0) is 23.0. The van der Waals surface area contributed by atoms with E-state index in [-0.39, 0.29) is 18.1 Å². The zero-order valence-electron chi connectivity index (χ0n) is 17.9. The molecule has 8 atom stereocenters. The molecule has 0 spiro atoms. The maximum Gasteiger partial charge on any atom is 0.367 e. The second kappa shape index (κ2) is 7.18. The number of Topliss-reactive ketones (excluding diaryl/α,β-unsaturated/α-hetero) is 1. The lowest BCUT2D eigenvalue weighted by Crippen LogP contribution is -2.69. The first kappa shape index (κ1) is 23.0. The lowest BCUT2D eigenvalue weighted by atomic mass is 9.44. The molecule has 4 aliphatic rings. The fraction of sp³-hybridized carbons (Fsp3) is 0.696. The topological polar surface area (TPSA) is 101 Å². The van der Waals surface area contributed by atoms with Crippen LogP contribution in [0.3, 0.4) is 0 Å². The number of alkyl halides is 1. The Balaban J connectivity index is 1.76. The summed E-state index contributed by atoms with van der Waals surface area (Å²) in [7, 11) is 0. The monoisotopic (exact) mass is 546 g/mol. The van der Waals surface area contributed by atoms with Crippen molar-refractivity contribution < 1.29 is 33.7 Å². The predicted octanol–water partition coefficient (Wildman–Crippen LogP) is 3.48. The smallest absolute Gasteiger partial charge is 0.367 e. The summed E-state index contributed by atoms with van der Waals surface area (Å²) in [5.41, 5.74) is -5.34. The Labute approximate surface area is 194 Å². The Kier molecular flexibility index (Phi) is 5.34. The SMILES string of the molecule is C[C@H]1C[C@@H]2[C@H]3CCC4=CC(=O)C=C[C@@]4(C)[C@]3(F)[C@H](O)C[C@@]2(C)[C@]1(O)C(=O)COC(=O)I. The number of ether oxygens (including phenoxy) is 1. The van der Waals surface area contributed by atoms with Gasteiger partial charge in [0.05, 0.1) is 28.7 Å². The van der Waals surface area contributed by atoms with E-state index in [1.54, 1.807) is 26.8 Å². The summed E-state index contributed by atoms with van der Waals surface area (Å²) in [5, 5.41) is 22.9. The molecule has 0 aromatic carbocycles. The number of halogens is 2. The molecule has 0 aromatic heterocycles. The van der Waals surface area contributed by atoms with E-state index in [9.17, 15) is 24.6 Å². The van der Waals surface area contributed by atoms with E-state index in [1.165, 1.54) is 34.7 Å². The van der Waals surface area contributed by atoms with Gasteiger partial charge in [0, 0.05) is 16.7 Å². The summed E-state index contributed by atoms with van der Waals surface area (Å²) in [6, 6.07) is 0. The van der Waals surface area contributed by atoms with Crippen LogP contribution >= 0.6 is 22.6 Å². The number of carbonyl (C=O) groups is 3. The molecule has 4 aliphatic carbocycles. The van der Waals surface area contributed by atoms with Gasteiger partial charge < -0.3 is 14.9 Å². The van der Waals surface area contributed by atoms with Crippen LogP contribution in [-0.4, -0.2) is 49.7 Å². The average molecular weight is 546 g/mol. The van der Waals surface area contributed by atoms with E-state index in [0.717, 1.165) is 0 Å².